The number of nitrogens with one attached hydrogen (secondary N) is 2. The van der Waals surface area contributed by atoms with Crippen molar-refractivity contribution in [2.75, 3.05) is 13.7 Å². The molecule has 0 saturated carbocycles. The molecular formula is C30H35N5O6S. The number of hydrogen-bond acceptors (Lipinski definition) is 8. The molecule has 0 aliphatic carbocycles. The zero-order valence-electron chi connectivity index (χ0n) is 23.4. The van der Waals surface area contributed by atoms with E-state index in [0.29, 0.717) is 29.4 Å². The van der Waals surface area contributed by atoms with Gasteiger partial charge in [0.15, 0.2) is 0 Å². The number of hydrogen-bond donors (Lipinski definition) is 4. The molecule has 0 bridgehead atoms. The first kappa shape index (κ1) is 30.7. The van der Waals surface area contributed by atoms with Crippen LogP contribution in [0.3, 0.4) is 0 Å². The quantitative estimate of drug-likeness (QED) is 0.164. The van der Waals surface area contributed by atoms with Crippen LogP contribution in [0.4, 0.5) is 0 Å². The lowest BCUT2D eigenvalue weighted by Gasteiger charge is -2.38. The Bertz CT molecular complexity index is 1610. The summed E-state index contributed by atoms with van der Waals surface area (Å²) in [7, 11) is -3.29. The number of likely N-dealkylation sites (tertiary alicyclic amines) is 1. The molecule has 0 aromatic heterocycles. The normalized spacial score (nSPS) is 18.6. The number of carbonyl (C=O) groups is 3. The van der Waals surface area contributed by atoms with Gasteiger partial charge >= 0.3 is 5.97 Å². The van der Waals surface area contributed by atoms with Crippen LogP contribution >= 0.6 is 0 Å². The van der Waals surface area contributed by atoms with E-state index in [1.54, 1.807) is 42.5 Å². The third-order valence-corrected chi connectivity index (χ3v) is 9.39. The van der Waals surface area contributed by atoms with E-state index in [4.69, 9.17) is 21.6 Å². The molecule has 3 unspecified atom stereocenters. The molecule has 42 heavy (non-hydrogen) atoms. The molecule has 1 heterocycles. The molecular weight excluding hydrogens is 558 g/mol. The molecule has 1 fully saturated rings. The number of rotatable bonds is 9. The highest BCUT2D eigenvalue weighted by molar-refractivity contribution is 7.92. The third kappa shape index (κ3) is 6.60. The summed E-state index contributed by atoms with van der Waals surface area (Å²) >= 11 is 0. The molecule has 4 atom stereocenters. The largest absolute Gasteiger partial charge is 0.467 e. The van der Waals surface area contributed by atoms with Crippen molar-refractivity contribution in [2.24, 2.45) is 17.4 Å². The molecule has 6 N–H and O–H groups in total. The highest BCUT2D eigenvalue weighted by Gasteiger charge is 2.44. The maximum Gasteiger partial charge on any atom is 0.328 e. The van der Waals surface area contributed by atoms with Gasteiger partial charge in [-0.1, -0.05) is 61.5 Å². The summed E-state index contributed by atoms with van der Waals surface area (Å²) < 4.78 is 33.0. The number of esters is 1. The molecule has 3 aromatic carbocycles. The van der Waals surface area contributed by atoms with E-state index in [0.717, 1.165) is 5.39 Å². The van der Waals surface area contributed by atoms with Gasteiger partial charge in [-0.15, -0.1) is 0 Å². The fraction of sp³-hybridized carbons (Fsp3) is 0.333. The van der Waals surface area contributed by atoms with Crippen LogP contribution in [-0.4, -0.2) is 68.0 Å². The van der Waals surface area contributed by atoms with Gasteiger partial charge in [0, 0.05) is 12.1 Å². The van der Waals surface area contributed by atoms with Gasteiger partial charge in [-0.3, -0.25) is 15.0 Å². The lowest BCUT2D eigenvalue weighted by molar-refractivity contribution is -0.155. The van der Waals surface area contributed by atoms with E-state index in [2.05, 4.69) is 5.32 Å². The van der Waals surface area contributed by atoms with Gasteiger partial charge in [0.1, 0.15) is 11.9 Å². The van der Waals surface area contributed by atoms with Gasteiger partial charge in [-0.25, -0.2) is 13.2 Å². The van der Waals surface area contributed by atoms with Gasteiger partial charge in [0.25, 0.3) is 5.91 Å². The molecule has 1 aliphatic rings. The first-order valence-electron chi connectivity index (χ1n) is 13.5. The van der Waals surface area contributed by atoms with Gasteiger partial charge in [0.05, 0.1) is 18.0 Å². The van der Waals surface area contributed by atoms with E-state index in [-0.39, 0.29) is 29.6 Å². The van der Waals surface area contributed by atoms with Crippen molar-refractivity contribution in [3.05, 3.63) is 77.9 Å². The number of amides is 2. The summed E-state index contributed by atoms with van der Waals surface area (Å²) in [5, 5.41) is 9.33. The van der Waals surface area contributed by atoms with Gasteiger partial charge in [-0.2, -0.15) is 0 Å². The fourth-order valence-corrected chi connectivity index (χ4v) is 6.56. The summed E-state index contributed by atoms with van der Waals surface area (Å²) in [6.07, 6.45) is 0.879. The van der Waals surface area contributed by atoms with E-state index < -0.39 is 45.1 Å². The summed E-state index contributed by atoms with van der Waals surface area (Å²) in [5.74, 6) is -2.45. The van der Waals surface area contributed by atoms with Crippen molar-refractivity contribution >= 4 is 44.2 Å². The maximum absolute atomic E-state index is 14.0. The van der Waals surface area contributed by atoms with Crippen LogP contribution in [0, 0.1) is 11.3 Å². The van der Waals surface area contributed by atoms with Crippen molar-refractivity contribution in [3.8, 4) is 0 Å². The average Bonchev–Trinajstić information content (AvgIpc) is 2.98. The molecule has 4 rings (SSSR count). The number of methoxy groups -OCH3 is 1. The molecule has 2 amide bonds. The van der Waals surface area contributed by atoms with Crippen molar-refractivity contribution in [2.45, 2.75) is 48.5 Å². The number of benzene rings is 3. The lowest BCUT2D eigenvalue weighted by atomic mass is 9.92. The van der Waals surface area contributed by atoms with E-state index >= 15 is 0 Å². The number of piperidine rings is 1. The smallest absolute Gasteiger partial charge is 0.328 e. The van der Waals surface area contributed by atoms with Crippen LogP contribution in [0.25, 0.3) is 10.8 Å². The summed E-state index contributed by atoms with van der Waals surface area (Å²) in [6, 6.07) is 16.0. The highest BCUT2D eigenvalue weighted by atomic mass is 32.2. The van der Waals surface area contributed by atoms with Crippen LogP contribution in [0.15, 0.2) is 71.6 Å². The highest BCUT2D eigenvalue weighted by Crippen LogP contribution is 2.27. The predicted octanol–water partition coefficient (Wildman–Crippen LogP) is 1.71. The summed E-state index contributed by atoms with van der Waals surface area (Å²) in [6.45, 7) is 2.05. The maximum atomic E-state index is 14.0. The first-order valence-corrected chi connectivity index (χ1v) is 15.1. The Hall–Kier alpha value is -4.29. The minimum Gasteiger partial charge on any atom is -0.467 e. The fourth-order valence-electron chi connectivity index (χ4n) is 5.07. The third-order valence-electron chi connectivity index (χ3n) is 7.54. The Labute approximate surface area is 244 Å². The van der Waals surface area contributed by atoms with Gasteiger partial charge in [0.2, 0.25) is 21.1 Å². The van der Waals surface area contributed by atoms with Crippen LogP contribution in [0.2, 0.25) is 0 Å². The number of nitrogens with zero attached hydrogens (tertiary/aromatic N) is 1. The van der Waals surface area contributed by atoms with Crippen LogP contribution in [-0.2, 0) is 35.4 Å². The number of nitrogen functional groups attached to an aromatic ring is 1. The van der Waals surface area contributed by atoms with Crippen molar-refractivity contribution in [1.29, 1.82) is 5.41 Å². The molecule has 1 saturated heterocycles. The van der Waals surface area contributed by atoms with E-state index in [1.165, 1.54) is 24.1 Å². The monoisotopic (exact) mass is 593 g/mol. The van der Waals surface area contributed by atoms with E-state index in [9.17, 15) is 22.8 Å². The summed E-state index contributed by atoms with van der Waals surface area (Å²) in [5.41, 5.74) is 12.8. The molecule has 0 radical (unpaired) electrons. The van der Waals surface area contributed by atoms with Crippen LogP contribution in [0.1, 0.15) is 30.9 Å². The lowest BCUT2D eigenvalue weighted by Crippen LogP contribution is -2.60. The Kier molecular flexibility index (Phi) is 9.27. The molecule has 11 nitrogen and oxygen atoms in total. The zero-order chi connectivity index (χ0) is 30.6. The van der Waals surface area contributed by atoms with Crippen LogP contribution < -0.4 is 16.8 Å². The number of amidine groups is 1. The second-order valence-electron chi connectivity index (χ2n) is 10.6. The van der Waals surface area contributed by atoms with Gasteiger partial charge in [-0.05, 0) is 53.6 Å². The topological polar surface area (TPSA) is 186 Å². The summed E-state index contributed by atoms with van der Waals surface area (Å²) in [4.78, 5) is 41.0. The Balaban J connectivity index is 1.67. The average molecular weight is 594 g/mol. The van der Waals surface area contributed by atoms with Crippen molar-refractivity contribution < 1.29 is 27.5 Å². The van der Waals surface area contributed by atoms with Gasteiger partial charge < -0.3 is 26.4 Å². The minimum atomic E-state index is -4.50. The minimum absolute atomic E-state index is 0.0347. The Morgan fingerprint density at radius 1 is 1.07 bits per heavy atom. The number of fused-ring (bicyclic) bond motifs is 1. The standard InChI is InChI=1S/C30H35N5O6S/c1-18-13-14-35(25(15-18)30(38)41-2)29(37)28(42(39,40)23-12-11-20-5-3-4-6-22(20)17-23)34-27(36)24(31)16-19-7-9-21(10-8-19)26(32)33/h3-12,17-18,24-25,28H,13-16,31H2,1-2H3,(H3,32,33)(H,34,36)/t18?,24-,25?,28?/m0/s1. The van der Waals surface area contributed by atoms with E-state index in [1.807, 2.05) is 19.1 Å². The molecule has 0 spiro atoms. The molecule has 1 aliphatic heterocycles. The predicted molar refractivity (Wildman–Crippen MR) is 158 cm³/mol. The first-order chi connectivity index (χ1) is 19.9. The molecule has 12 heteroatoms. The van der Waals surface area contributed by atoms with Crippen molar-refractivity contribution in [3.63, 3.8) is 0 Å². The Morgan fingerprint density at radius 3 is 2.38 bits per heavy atom. The molecule has 3 aromatic rings. The number of nitrogens with two attached hydrogens (primary N) is 2. The molecule has 222 valence electrons. The van der Waals surface area contributed by atoms with Crippen LogP contribution in [0.5, 0.6) is 0 Å². The number of sulfone groups is 1. The van der Waals surface area contributed by atoms with Crippen molar-refractivity contribution in [1.82, 2.24) is 10.2 Å². The SMILES string of the molecule is COC(=O)C1CC(C)CCN1C(=O)C(NC(=O)[C@@H](N)Cc1ccc(C(=N)N)cc1)S(=O)(=O)c1ccc2ccccc2c1. The second-order valence-corrected chi connectivity index (χ2v) is 12.6. The Morgan fingerprint density at radius 2 is 1.74 bits per heavy atom. The number of ether oxygens (including phenoxy) is 1. The second kappa shape index (κ2) is 12.7. The zero-order valence-corrected chi connectivity index (χ0v) is 24.3. The number of carbonyl (C=O) groups excluding carboxylic acids is 3.